The number of imidazole rings is 1. The maximum absolute atomic E-state index is 12.8. The fourth-order valence-corrected chi connectivity index (χ4v) is 5.66. The molecule has 0 aliphatic carbocycles. The summed E-state index contributed by atoms with van der Waals surface area (Å²) in [6.45, 7) is 3.07. The van der Waals surface area contributed by atoms with Crippen LogP contribution in [-0.2, 0) is 39.1 Å². The zero-order valence-electron chi connectivity index (χ0n) is 27.3. The zero-order valence-corrected chi connectivity index (χ0v) is 27.3. The van der Waals surface area contributed by atoms with Crippen LogP contribution in [0.4, 0.5) is 0 Å². The maximum atomic E-state index is 12.8. The van der Waals surface area contributed by atoms with Crippen LogP contribution in [0.25, 0.3) is 11.0 Å². The van der Waals surface area contributed by atoms with Gasteiger partial charge < -0.3 is 34.8 Å². The van der Waals surface area contributed by atoms with Crippen LogP contribution in [0.5, 0.6) is 5.75 Å². The molecule has 12 nitrogen and oxygen atoms in total. The first-order valence-electron chi connectivity index (χ1n) is 15.5. The van der Waals surface area contributed by atoms with E-state index in [1.807, 2.05) is 41.8 Å². The molecule has 2 aliphatic heterocycles. The molecule has 1 aromatic carbocycles. The molecule has 0 bridgehead atoms. The average molecular weight is 624 g/mol. The van der Waals surface area contributed by atoms with E-state index in [-0.39, 0.29) is 17.9 Å². The molecule has 246 valence electrons. The number of methoxy groups -OCH3 is 2. The molecule has 2 saturated heterocycles. The van der Waals surface area contributed by atoms with E-state index in [0.29, 0.717) is 31.6 Å². The molecule has 3 atom stereocenters. The predicted octanol–water partition coefficient (Wildman–Crippen LogP) is 2.33. The van der Waals surface area contributed by atoms with Gasteiger partial charge in [-0.15, -0.1) is 0 Å². The molecule has 3 N–H and O–H groups in total. The quantitative estimate of drug-likeness (QED) is 0.325. The number of aldehydes is 1. The molecule has 4 heterocycles. The molecule has 2 aromatic heterocycles. The number of hydrogen-bond donors (Lipinski definition) is 2. The zero-order chi connectivity index (χ0) is 32.8. The molecule has 12 heteroatoms. The number of rotatable bonds is 10. The molecule has 45 heavy (non-hydrogen) atoms. The highest BCUT2D eigenvalue weighted by atomic mass is 16.5. The van der Waals surface area contributed by atoms with Gasteiger partial charge in [-0.05, 0) is 68.8 Å². The van der Waals surface area contributed by atoms with Crippen LogP contribution >= 0.6 is 0 Å². The first kappa shape index (κ1) is 35.6. The molecule has 3 aromatic rings. The Kier molecular flexibility index (Phi) is 14.4. The summed E-state index contributed by atoms with van der Waals surface area (Å²) in [6.07, 6.45) is 9.12. The number of likely N-dealkylation sites (N-methyl/N-ethyl adjacent to an activating group) is 1. The number of likely N-dealkylation sites (tertiary alicyclic amines) is 2. The highest BCUT2D eigenvalue weighted by Crippen LogP contribution is 2.26. The number of carbonyl (C=O) groups excluding carboxylic acids is 3. The SMILES string of the molecule is COC.COc1ccc(CC2CC(C(=O)NCc3nc4ccncc4n3C)N(C)C2)cc1.NC(C=O)CCC(=O)N1CCCC1. The molecule has 0 spiro atoms. The van der Waals surface area contributed by atoms with Crippen molar-refractivity contribution in [3.63, 3.8) is 0 Å². The van der Waals surface area contributed by atoms with Gasteiger partial charge in [-0.1, -0.05) is 12.1 Å². The number of nitrogens with one attached hydrogen (secondary N) is 1. The third-order valence-electron chi connectivity index (χ3n) is 8.14. The second-order valence-corrected chi connectivity index (χ2v) is 11.6. The third kappa shape index (κ3) is 10.6. The Morgan fingerprint density at radius 2 is 1.80 bits per heavy atom. The molecule has 3 unspecified atom stereocenters. The van der Waals surface area contributed by atoms with Gasteiger partial charge in [0.25, 0.3) is 0 Å². The normalized spacial score (nSPS) is 18.4. The predicted molar refractivity (Wildman–Crippen MR) is 174 cm³/mol. The van der Waals surface area contributed by atoms with Gasteiger partial charge in [-0.3, -0.25) is 19.5 Å². The Morgan fingerprint density at radius 3 is 2.42 bits per heavy atom. The van der Waals surface area contributed by atoms with Crippen molar-refractivity contribution in [2.75, 3.05) is 48.0 Å². The molecular formula is C33H49N7O5. The van der Waals surface area contributed by atoms with Gasteiger partial charge >= 0.3 is 0 Å². The second kappa shape index (κ2) is 18.2. The summed E-state index contributed by atoms with van der Waals surface area (Å²) in [6, 6.07) is 9.49. The van der Waals surface area contributed by atoms with E-state index < -0.39 is 6.04 Å². The highest BCUT2D eigenvalue weighted by Gasteiger charge is 2.34. The summed E-state index contributed by atoms with van der Waals surface area (Å²) < 4.78 is 11.5. The minimum absolute atomic E-state index is 0.0647. The Labute approximate surface area is 266 Å². The minimum Gasteiger partial charge on any atom is -0.497 e. The summed E-state index contributed by atoms with van der Waals surface area (Å²) in [5.41, 5.74) is 8.52. The summed E-state index contributed by atoms with van der Waals surface area (Å²) in [7, 11) is 8.90. The molecule has 0 radical (unpaired) electrons. The number of aryl methyl sites for hydroxylation is 1. The summed E-state index contributed by atoms with van der Waals surface area (Å²) in [4.78, 5) is 47.2. The van der Waals surface area contributed by atoms with Crippen molar-refractivity contribution in [1.82, 2.24) is 29.7 Å². The minimum atomic E-state index is -0.480. The van der Waals surface area contributed by atoms with Gasteiger partial charge in [0.2, 0.25) is 11.8 Å². The highest BCUT2D eigenvalue weighted by molar-refractivity contribution is 5.82. The number of nitrogens with zero attached hydrogens (tertiary/aromatic N) is 5. The molecule has 2 aliphatic rings. The van der Waals surface area contributed by atoms with Crippen molar-refractivity contribution in [2.45, 2.75) is 57.2 Å². The number of fused-ring (bicyclic) bond motifs is 1. The maximum Gasteiger partial charge on any atom is 0.237 e. The van der Waals surface area contributed by atoms with Gasteiger partial charge in [0.05, 0.1) is 43.0 Å². The van der Waals surface area contributed by atoms with Crippen LogP contribution in [0.15, 0.2) is 42.7 Å². The van der Waals surface area contributed by atoms with Gasteiger partial charge in [0.1, 0.15) is 17.9 Å². The van der Waals surface area contributed by atoms with Gasteiger partial charge in [0, 0.05) is 53.5 Å². The molecule has 0 saturated carbocycles. The lowest BCUT2D eigenvalue weighted by atomic mass is 9.96. The lowest BCUT2D eigenvalue weighted by molar-refractivity contribution is -0.130. The first-order chi connectivity index (χ1) is 21.7. The Morgan fingerprint density at radius 1 is 1.11 bits per heavy atom. The second-order valence-electron chi connectivity index (χ2n) is 11.6. The average Bonchev–Trinajstić information content (AvgIpc) is 3.79. The Hall–Kier alpha value is -3.87. The van der Waals surface area contributed by atoms with Crippen molar-refractivity contribution >= 4 is 29.1 Å². The number of ether oxygens (including phenoxy) is 2. The molecule has 2 fully saturated rings. The van der Waals surface area contributed by atoms with Crippen LogP contribution < -0.4 is 15.8 Å². The number of benzene rings is 1. The summed E-state index contributed by atoms with van der Waals surface area (Å²) in [5.74, 6) is 2.36. The smallest absolute Gasteiger partial charge is 0.237 e. The van der Waals surface area contributed by atoms with Crippen molar-refractivity contribution in [3.8, 4) is 5.75 Å². The van der Waals surface area contributed by atoms with Crippen molar-refractivity contribution < 1.29 is 23.9 Å². The van der Waals surface area contributed by atoms with E-state index in [2.05, 4.69) is 37.1 Å². The van der Waals surface area contributed by atoms with Gasteiger partial charge in [-0.2, -0.15) is 0 Å². The van der Waals surface area contributed by atoms with E-state index in [1.165, 1.54) is 5.56 Å². The fraction of sp³-hybridized carbons (Fsp3) is 0.545. The van der Waals surface area contributed by atoms with E-state index in [1.54, 1.807) is 33.7 Å². The van der Waals surface area contributed by atoms with Crippen molar-refractivity contribution in [3.05, 3.63) is 54.1 Å². The first-order valence-corrected chi connectivity index (χ1v) is 15.5. The standard InChI is InChI=1S/C22H27N5O2.C9H16N2O2.C2H6O/c1-26-14-16(10-15-4-6-17(29-3)7-5-15)11-19(26)22(28)24-13-21-25-18-8-9-23-12-20(18)27(21)2;10-8(7-12)3-4-9(13)11-5-1-2-6-11;1-3-2/h4-9,12,16,19H,10-11,13-14H2,1-3H3,(H,24,28);7-8H,1-6,10H2;1-2H3. The molecule has 5 rings (SSSR count). The Bertz CT molecular complexity index is 1360. The number of hydrogen-bond acceptors (Lipinski definition) is 9. The number of aromatic nitrogens is 3. The fourth-order valence-electron chi connectivity index (χ4n) is 5.66. The van der Waals surface area contributed by atoms with E-state index in [4.69, 9.17) is 10.5 Å². The van der Waals surface area contributed by atoms with Crippen LogP contribution in [-0.4, -0.2) is 103 Å². The van der Waals surface area contributed by atoms with Crippen LogP contribution in [0.1, 0.15) is 43.5 Å². The lowest BCUT2D eigenvalue weighted by Crippen LogP contribution is -2.41. The van der Waals surface area contributed by atoms with Crippen LogP contribution in [0, 0.1) is 5.92 Å². The lowest BCUT2D eigenvalue weighted by Gasteiger charge is -2.18. The van der Waals surface area contributed by atoms with Crippen molar-refractivity contribution in [2.24, 2.45) is 18.7 Å². The van der Waals surface area contributed by atoms with E-state index in [9.17, 15) is 14.4 Å². The number of nitrogens with two attached hydrogens (primary N) is 1. The third-order valence-corrected chi connectivity index (χ3v) is 8.14. The van der Waals surface area contributed by atoms with Crippen LogP contribution in [0.2, 0.25) is 0 Å². The number of amides is 2. The molecule has 2 amide bonds. The van der Waals surface area contributed by atoms with E-state index in [0.717, 1.165) is 67.9 Å². The van der Waals surface area contributed by atoms with Crippen molar-refractivity contribution in [1.29, 1.82) is 0 Å². The monoisotopic (exact) mass is 623 g/mol. The van der Waals surface area contributed by atoms with E-state index >= 15 is 0 Å². The van der Waals surface area contributed by atoms with Gasteiger partial charge in [0.15, 0.2) is 0 Å². The van der Waals surface area contributed by atoms with Gasteiger partial charge in [-0.25, -0.2) is 4.98 Å². The van der Waals surface area contributed by atoms with Crippen LogP contribution in [0.3, 0.4) is 0 Å². The Balaban J connectivity index is 0.000000288. The summed E-state index contributed by atoms with van der Waals surface area (Å²) in [5, 5.41) is 3.07. The molecular weight excluding hydrogens is 574 g/mol. The topological polar surface area (TPSA) is 145 Å². The largest absolute Gasteiger partial charge is 0.497 e. The number of carbonyl (C=O) groups is 3. The number of pyridine rings is 1. The summed E-state index contributed by atoms with van der Waals surface area (Å²) >= 11 is 0.